The van der Waals surface area contributed by atoms with Crippen LogP contribution in [0, 0.1) is 12.7 Å². The van der Waals surface area contributed by atoms with Crippen LogP contribution in [-0.2, 0) is 0 Å². The zero-order valence-electron chi connectivity index (χ0n) is 19.0. The number of rotatable bonds is 2. The minimum Gasteiger partial charge on any atom is -0.490 e. The number of hydrogen-bond donors (Lipinski definition) is 1. The van der Waals surface area contributed by atoms with Gasteiger partial charge in [0.15, 0.2) is 5.82 Å². The van der Waals surface area contributed by atoms with Crippen molar-refractivity contribution in [2.45, 2.75) is 13.0 Å². The van der Waals surface area contributed by atoms with Gasteiger partial charge in [-0.1, -0.05) is 6.07 Å². The number of nitrogens with zero attached hydrogens (tertiary/aromatic N) is 6. The molecule has 0 radical (unpaired) electrons. The fourth-order valence-electron chi connectivity index (χ4n) is 5.04. The summed E-state index contributed by atoms with van der Waals surface area (Å²) in [7, 11) is 1.51. The third kappa shape index (κ3) is 3.18. The molecule has 178 valence electrons. The van der Waals surface area contributed by atoms with Crippen molar-refractivity contribution < 1.29 is 23.8 Å². The number of aryl methyl sites for hydroxylation is 1. The molecule has 1 atom stereocenters. The van der Waals surface area contributed by atoms with Crippen LogP contribution >= 0.6 is 0 Å². The van der Waals surface area contributed by atoms with Crippen LogP contribution in [0.2, 0.25) is 0 Å². The van der Waals surface area contributed by atoms with Gasteiger partial charge in [0.1, 0.15) is 36.3 Å². The maximum absolute atomic E-state index is 16.2. The van der Waals surface area contributed by atoms with Gasteiger partial charge in [0.25, 0.3) is 0 Å². The Kier molecular flexibility index (Phi) is 4.80. The lowest BCUT2D eigenvalue weighted by Crippen LogP contribution is -2.56. The topological polar surface area (TPSA) is 114 Å². The number of aromatic nitrogens is 4. The van der Waals surface area contributed by atoms with Crippen LogP contribution in [0.4, 0.5) is 15.0 Å². The SMILES string of the molecule is COc1ncnc2ccc(C)c(-c3cc4c5c(ncnc5c3F)N3CCN(C(=O)O)C[C@H]3CO4)c12. The molecule has 0 unspecified atom stereocenters. The molecule has 0 spiro atoms. The summed E-state index contributed by atoms with van der Waals surface area (Å²) in [6.07, 6.45) is 1.76. The second-order valence-corrected chi connectivity index (χ2v) is 8.58. The Labute approximate surface area is 199 Å². The number of methoxy groups -OCH3 is 1. The first-order valence-electron chi connectivity index (χ1n) is 11.1. The van der Waals surface area contributed by atoms with Crippen molar-refractivity contribution in [1.82, 2.24) is 24.8 Å². The van der Waals surface area contributed by atoms with E-state index in [1.54, 1.807) is 6.07 Å². The Bertz CT molecular complexity index is 1510. The lowest BCUT2D eigenvalue weighted by atomic mass is 9.94. The van der Waals surface area contributed by atoms with Crippen LogP contribution in [0.5, 0.6) is 11.6 Å². The Morgan fingerprint density at radius 3 is 2.80 bits per heavy atom. The first-order valence-corrected chi connectivity index (χ1v) is 11.1. The highest BCUT2D eigenvalue weighted by Gasteiger charge is 2.35. The van der Waals surface area contributed by atoms with Gasteiger partial charge in [-0.25, -0.2) is 29.1 Å². The highest BCUT2D eigenvalue weighted by atomic mass is 19.1. The van der Waals surface area contributed by atoms with E-state index in [2.05, 4.69) is 19.9 Å². The molecule has 0 saturated carbocycles. The van der Waals surface area contributed by atoms with Crippen molar-refractivity contribution >= 4 is 33.7 Å². The monoisotopic (exact) mass is 476 g/mol. The maximum Gasteiger partial charge on any atom is 0.407 e. The van der Waals surface area contributed by atoms with Gasteiger partial charge < -0.3 is 24.4 Å². The number of benzene rings is 2. The molecule has 6 rings (SSSR count). The maximum atomic E-state index is 16.2. The number of carbonyl (C=O) groups is 1. The van der Waals surface area contributed by atoms with E-state index >= 15 is 4.39 Å². The van der Waals surface area contributed by atoms with Gasteiger partial charge in [0.05, 0.1) is 29.4 Å². The second kappa shape index (κ2) is 7.90. The molecule has 4 heterocycles. The van der Waals surface area contributed by atoms with E-state index in [1.807, 2.05) is 24.0 Å². The summed E-state index contributed by atoms with van der Waals surface area (Å²) in [5.41, 5.74) is 2.46. The number of hydrogen-bond acceptors (Lipinski definition) is 8. The quantitative estimate of drug-likeness (QED) is 0.466. The zero-order chi connectivity index (χ0) is 24.3. The molecule has 11 heteroatoms. The normalized spacial score (nSPS) is 17.2. The standard InChI is InChI=1S/C24H21FN6O4/c1-12-3-4-15-18(23(34-2)29-10-26-15)17(12)14-7-16-19-21(20(14)25)27-11-28-22(19)31-6-5-30(24(32)33)8-13(31)9-35-16/h3-4,7,10-11,13H,5-6,8-9H2,1-2H3,(H,32,33)/t13-/m0/s1. The van der Waals surface area contributed by atoms with Crippen LogP contribution in [0.1, 0.15) is 5.56 Å². The van der Waals surface area contributed by atoms with Gasteiger partial charge in [0, 0.05) is 30.8 Å². The lowest BCUT2D eigenvalue weighted by molar-refractivity contribution is 0.127. The van der Waals surface area contributed by atoms with E-state index in [-0.39, 0.29) is 24.7 Å². The van der Waals surface area contributed by atoms with Crippen LogP contribution in [0.15, 0.2) is 30.9 Å². The summed E-state index contributed by atoms with van der Waals surface area (Å²) in [5, 5.41) is 10.5. The number of carboxylic acid groups (broad SMARTS) is 1. The molecule has 0 aliphatic carbocycles. The van der Waals surface area contributed by atoms with E-state index in [1.165, 1.54) is 24.7 Å². The Morgan fingerprint density at radius 1 is 1.17 bits per heavy atom. The Morgan fingerprint density at radius 2 is 2.00 bits per heavy atom. The van der Waals surface area contributed by atoms with Gasteiger partial charge in [-0.15, -0.1) is 0 Å². The van der Waals surface area contributed by atoms with E-state index in [0.29, 0.717) is 58.0 Å². The fraction of sp³-hybridized carbons (Fsp3) is 0.292. The fourth-order valence-corrected chi connectivity index (χ4v) is 5.04. The predicted molar refractivity (Wildman–Crippen MR) is 126 cm³/mol. The van der Waals surface area contributed by atoms with E-state index in [0.717, 1.165) is 5.56 Å². The highest BCUT2D eigenvalue weighted by Crippen LogP contribution is 2.44. The van der Waals surface area contributed by atoms with Crippen LogP contribution in [0.25, 0.3) is 32.9 Å². The van der Waals surface area contributed by atoms with E-state index in [9.17, 15) is 9.90 Å². The van der Waals surface area contributed by atoms with E-state index < -0.39 is 11.9 Å². The summed E-state index contributed by atoms with van der Waals surface area (Å²) in [6.45, 7) is 3.12. The molecule has 2 aliphatic heterocycles. The summed E-state index contributed by atoms with van der Waals surface area (Å²) in [4.78, 5) is 32.2. The largest absolute Gasteiger partial charge is 0.490 e. The van der Waals surface area contributed by atoms with E-state index in [4.69, 9.17) is 9.47 Å². The van der Waals surface area contributed by atoms with Crippen molar-refractivity contribution in [2.24, 2.45) is 0 Å². The second-order valence-electron chi connectivity index (χ2n) is 8.58. The molecular weight excluding hydrogens is 455 g/mol. The number of halogens is 1. The number of piperazine rings is 1. The van der Waals surface area contributed by atoms with Crippen LogP contribution in [0.3, 0.4) is 0 Å². The van der Waals surface area contributed by atoms with Crippen molar-refractivity contribution in [3.8, 4) is 22.8 Å². The van der Waals surface area contributed by atoms with Crippen molar-refractivity contribution in [3.05, 3.63) is 42.2 Å². The molecule has 4 aromatic rings. The smallest absolute Gasteiger partial charge is 0.407 e. The predicted octanol–water partition coefficient (Wildman–Crippen LogP) is 3.26. The summed E-state index contributed by atoms with van der Waals surface area (Å²) in [6, 6.07) is 5.12. The van der Waals surface area contributed by atoms with Gasteiger partial charge in [-0.2, -0.15) is 0 Å². The minimum atomic E-state index is -0.977. The average molecular weight is 476 g/mol. The number of amides is 1. The molecule has 0 bridgehead atoms. The third-order valence-electron chi connectivity index (χ3n) is 6.69. The van der Waals surface area contributed by atoms with Gasteiger partial charge in [-0.3, -0.25) is 0 Å². The lowest BCUT2D eigenvalue weighted by Gasteiger charge is -2.39. The minimum absolute atomic E-state index is 0.135. The molecule has 2 aromatic carbocycles. The third-order valence-corrected chi connectivity index (χ3v) is 6.69. The molecule has 1 amide bonds. The molecule has 1 fully saturated rings. The number of anilines is 1. The molecule has 2 aromatic heterocycles. The van der Waals surface area contributed by atoms with Crippen molar-refractivity contribution in [2.75, 3.05) is 38.3 Å². The molecule has 10 nitrogen and oxygen atoms in total. The molecule has 1 N–H and O–H groups in total. The first-order chi connectivity index (χ1) is 17.0. The first kappa shape index (κ1) is 21.3. The Balaban J connectivity index is 1.59. The summed E-state index contributed by atoms with van der Waals surface area (Å²) >= 11 is 0. The number of fused-ring (bicyclic) bond motifs is 3. The van der Waals surface area contributed by atoms with Gasteiger partial charge in [0.2, 0.25) is 5.88 Å². The highest BCUT2D eigenvalue weighted by molar-refractivity contribution is 6.04. The molecule has 2 aliphatic rings. The number of ether oxygens (including phenoxy) is 2. The molecular formula is C24H21FN6O4. The summed E-state index contributed by atoms with van der Waals surface area (Å²) in [5.74, 6) is 0.809. The molecule has 35 heavy (non-hydrogen) atoms. The van der Waals surface area contributed by atoms with Crippen LogP contribution < -0.4 is 14.4 Å². The zero-order valence-corrected chi connectivity index (χ0v) is 19.0. The molecule has 1 saturated heterocycles. The Hall–Kier alpha value is -4.28. The van der Waals surface area contributed by atoms with Gasteiger partial charge >= 0.3 is 6.09 Å². The van der Waals surface area contributed by atoms with Crippen molar-refractivity contribution in [1.29, 1.82) is 0 Å². The van der Waals surface area contributed by atoms with Gasteiger partial charge in [-0.05, 0) is 24.6 Å². The van der Waals surface area contributed by atoms with Crippen molar-refractivity contribution in [3.63, 3.8) is 0 Å². The van der Waals surface area contributed by atoms with Crippen LogP contribution in [-0.4, -0.2) is 75.4 Å². The average Bonchev–Trinajstić information content (AvgIpc) is 3.03. The summed E-state index contributed by atoms with van der Waals surface area (Å²) < 4.78 is 27.9.